The number of morpholine rings is 1. The molecule has 1 aliphatic heterocycles. The lowest BCUT2D eigenvalue weighted by molar-refractivity contribution is 0.0382. The zero-order chi connectivity index (χ0) is 13.7. The van der Waals surface area contributed by atoms with Gasteiger partial charge in [0, 0.05) is 26.2 Å². The number of nitrogens with one attached hydrogen (secondary N) is 1. The average molecular weight is 267 g/mol. The van der Waals surface area contributed by atoms with E-state index in [-0.39, 0.29) is 11.9 Å². The predicted molar refractivity (Wildman–Crippen MR) is 70.9 cm³/mol. The van der Waals surface area contributed by atoms with Crippen molar-refractivity contribution in [1.29, 1.82) is 0 Å². The highest BCUT2D eigenvalue weighted by atomic mass is 16.5. The summed E-state index contributed by atoms with van der Waals surface area (Å²) < 4.78 is 10.6. The molecule has 1 amide bonds. The molecule has 0 aromatic carbocycles. The molecule has 0 aliphatic carbocycles. The van der Waals surface area contributed by atoms with E-state index >= 15 is 0 Å². The fraction of sp³-hybridized carbons (Fsp3) is 0.615. The maximum Gasteiger partial charge on any atom is 0.287 e. The molecule has 1 saturated heterocycles. The normalized spacial score (nSPS) is 18.2. The number of rotatable bonds is 5. The third-order valence-electron chi connectivity index (χ3n) is 3.12. The summed E-state index contributed by atoms with van der Waals surface area (Å²) in [6.45, 7) is 6.63. The van der Waals surface area contributed by atoms with Crippen LogP contribution in [0.4, 0.5) is 0 Å². The number of nitrogens with zero attached hydrogens (tertiary/aromatic N) is 1. The average Bonchev–Trinajstić information content (AvgIpc) is 2.89. The predicted octanol–water partition coefficient (Wildman–Crippen LogP) is 0.361. The molecule has 0 spiro atoms. The van der Waals surface area contributed by atoms with Gasteiger partial charge in [-0.1, -0.05) is 0 Å². The number of nitrogens with two attached hydrogens (primary N) is 1. The van der Waals surface area contributed by atoms with Crippen molar-refractivity contribution < 1.29 is 13.9 Å². The quantitative estimate of drug-likeness (QED) is 0.805. The molecule has 1 aromatic rings. The van der Waals surface area contributed by atoms with Crippen LogP contribution in [0.1, 0.15) is 29.3 Å². The molecule has 1 fully saturated rings. The van der Waals surface area contributed by atoms with Crippen LogP contribution >= 0.6 is 0 Å². The van der Waals surface area contributed by atoms with E-state index in [1.54, 1.807) is 12.1 Å². The van der Waals surface area contributed by atoms with Crippen molar-refractivity contribution in [3.8, 4) is 0 Å². The van der Waals surface area contributed by atoms with Crippen molar-refractivity contribution in [2.24, 2.45) is 5.73 Å². The highest BCUT2D eigenvalue weighted by Gasteiger charge is 2.14. The Morgan fingerprint density at radius 3 is 2.84 bits per heavy atom. The van der Waals surface area contributed by atoms with Crippen LogP contribution in [0, 0.1) is 0 Å². The van der Waals surface area contributed by atoms with Gasteiger partial charge in [0.2, 0.25) is 0 Å². The van der Waals surface area contributed by atoms with E-state index < -0.39 is 0 Å². The maximum absolute atomic E-state index is 11.8. The minimum atomic E-state index is -0.199. The number of furan rings is 1. The molecule has 0 radical (unpaired) electrons. The second-order valence-corrected chi connectivity index (χ2v) is 4.70. The lowest BCUT2D eigenvalue weighted by atomic mass is 10.3. The van der Waals surface area contributed by atoms with E-state index in [1.807, 2.05) is 6.92 Å². The fourth-order valence-corrected chi connectivity index (χ4v) is 1.96. The van der Waals surface area contributed by atoms with Gasteiger partial charge >= 0.3 is 0 Å². The Balaban J connectivity index is 1.74. The summed E-state index contributed by atoms with van der Waals surface area (Å²) in [6, 6.07) is 3.19. The lowest BCUT2D eigenvalue weighted by Gasteiger charge is -2.26. The van der Waals surface area contributed by atoms with Crippen molar-refractivity contribution >= 4 is 5.91 Å². The van der Waals surface area contributed by atoms with Crippen molar-refractivity contribution in [1.82, 2.24) is 10.2 Å². The largest absolute Gasteiger partial charge is 0.454 e. The SMILES string of the molecule is CC(N)c1ccc(C(=O)NCCN2CCOCC2)o1. The Hall–Kier alpha value is -1.37. The number of hydrogen-bond acceptors (Lipinski definition) is 5. The summed E-state index contributed by atoms with van der Waals surface area (Å²) in [7, 11) is 0. The molecular weight excluding hydrogens is 246 g/mol. The molecule has 3 N–H and O–H groups in total. The summed E-state index contributed by atoms with van der Waals surface area (Å²) in [6.07, 6.45) is 0. The molecular formula is C13H21N3O3. The van der Waals surface area contributed by atoms with E-state index in [0.29, 0.717) is 18.1 Å². The Morgan fingerprint density at radius 1 is 1.47 bits per heavy atom. The molecule has 2 rings (SSSR count). The summed E-state index contributed by atoms with van der Waals surface area (Å²) in [5.41, 5.74) is 5.68. The molecule has 6 heteroatoms. The first kappa shape index (κ1) is 14.0. The van der Waals surface area contributed by atoms with Crippen LogP contribution in [-0.4, -0.2) is 50.2 Å². The third-order valence-corrected chi connectivity index (χ3v) is 3.12. The molecule has 106 valence electrons. The van der Waals surface area contributed by atoms with Gasteiger partial charge in [-0.25, -0.2) is 0 Å². The van der Waals surface area contributed by atoms with Gasteiger partial charge in [-0.15, -0.1) is 0 Å². The van der Waals surface area contributed by atoms with Crippen LogP contribution < -0.4 is 11.1 Å². The van der Waals surface area contributed by atoms with Crippen molar-refractivity contribution in [3.63, 3.8) is 0 Å². The van der Waals surface area contributed by atoms with Crippen LogP contribution in [-0.2, 0) is 4.74 Å². The molecule has 0 bridgehead atoms. The number of carbonyl (C=O) groups excluding carboxylic acids is 1. The molecule has 1 aliphatic rings. The van der Waals surface area contributed by atoms with Gasteiger partial charge in [-0.05, 0) is 19.1 Å². The van der Waals surface area contributed by atoms with E-state index in [4.69, 9.17) is 14.9 Å². The zero-order valence-electron chi connectivity index (χ0n) is 11.2. The van der Waals surface area contributed by atoms with Crippen LogP contribution in [0.25, 0.3) is 0 Å². The topological polar surface area (TPSA) is 80.7 Å². The van der Waals surface area contributed by atoms with E-state index in [2.05, 4.69) is 10.2 Å². The zero-order valence-corrected chi connectivity index (χ0v) is 11.2. The van der Waals surface area contributed by atoms with Gasteiger partial charge in [0.25, 0.3) is 5.91 Å². The molecule has 0 saturated carbocycles. The number of amides is 1. The van der Waals surface area contributed by atoms with Gasteiger partial charge in [0.05, 0.1) is 19.3 Å². The second kappa shape index (κ2) is 6.70. The fourth-order valence-electron chi connectivity index (χ4n) is 1.96. The van der Waals surface area contributed by atoms with Crippen molar-refractivity contribution in [2.75, 3.05) is 39.4 Å². The maximum atomic E-state index is 11.8. The Kier molecular flexibility index (Phi) is 4.95. The standard InChI is InChI=1S/C13H21N3O3/c1-10(14)11-2-3-12(19-11)13(17)15-4-5-16-6-8-18-9-7-16/h2-3,10H,4-9,14H2,1H3,(H,15,17). The van der Waals surface area contributed by atoms with Crippen LogP contribution in [0.3, 0.4) is 0 Å². The van der Waals surface area contributed by atoms with Crippen molar-refractivity contribution in [3.05, 3.63) is 23.7 Å². The summed E-state index contributed by atoms with van der Waals surface area (Å²) in [4.78, 5) is 14.1. The molecule has 1 unspecified atom stereocenters. The van der Waals surface area contributed by atoms with Crippen LogP contribution in [0.15, 0.2) is 16.5 Å². The molecule has 1 aromatic heterocycles. The third kappa shape index (κ3) is 4.05. The number of ether oxygens (including phenoxy) is 1. The second-order valence-electron chi connectivity index (χ2n) is 4.70. The highest BCUT2D eigenvalue weighted by Crippen LogP contribution is 2.13. The van der Waals surface area contributed by atoms with Crippen LogP contribution in [0.2, 0.25) is 0 Å². The first-order valence-corrected chi connectivity index (χ1v) is 6.60. The van der Waals surface area contributed by atoms with E-state index in [0.717, 1.165) is 32.8 Å². The minimum absolute atomic E-state index is 0.194. The van der Waals surface area contributed by atoms with E-state index in [1.165, 1.54) is 0 Å². The number of carbonyl (C=O) groups is 1. The molecule has 2 heterocycles. The first-order chi connectivity index (χ1) is 9.16. The molecule has 19 heavy (non-hydrogen) atoms. The van der Waals surface area contributed by atoms with Gasteiger partial charge in [0.1, 0.15) is 5.76 Å². The first-order valence-electron chi connectivity index (χ1n) is 6.60. The van der Waals surface area contributed by atoms with E-state index in [9.17, 15) is 4.79 Å². The van der Waals surface area contributed by atoms with Gasteiger partial charge in [-0.3, -0.25) is 9.69 Å². The number of hydrogen-bond donors (Lipinski definition) is 2. The van der Waals surface area contributed by atoms with Gasteiger partial charge in [-0.2, -0.15) is 0 Å². The minimum Gasteiger partial charge on any atom is -0.454 e. The Labute approximate surface area is 112 Å². The Morgan fingerprint density at radius 2 is 2.21 bits per heavy atom. The summed E-state index contributed by atoms with van der Waals surface area (Å²) in [5.74, 6) is 0.743. The Bertz CT molecular complexity index is 411. The monoisotopic (exact) mass is 267 g/mol. The van der Waals surface area contributed by atoms with Crippen molar-refractivity contribution in [2.45, 2.75) is 13.0 Å². The molecule has 6 nitrogen and oxygen atoms in total. The van der Waals surface area contributed by atoms with Gasteiger partial charge in [0.15, 0.2) is 5.76 Å². The molecule has 1 atom stereocenters. The smallest absolute Gasteiger partial charge is 0.287 e. The highest BCUT2D eigenvalue weighted by molar-refractivity contribution is 5.91. The summed E-state index contributed by atoms with van der Waals surface area (Å²) in [5, 5.41) is 2.84. The van der Waals surface area contributed by atoms with Gasteiger partial charge < -0.3 is 20.2 Å². The summed E-state index contributed by atoms with van der Waals surface area (Å²) >= 11 is 0. The van der Waals surface area contributed by atoms with Crippen LogP contribution in [0.5, 0.6) is 0 Å². The lowest BCUT2D eigenvalue weighted by Crippen LogP contribution is -2.41.